The number of esters is 2. The second kappa shape index (κ2) is 41.0. The van der Waals surface area contributed by atoms with Crippen LogP contribution in [0.15, 0.2) is 60.8 Å². The highest BCUT2D eigenvalue weighted by atomic mass is 16.6. The largest absolute Gasteiger partial charge is 0.462 e. The maximum absolute atomic E-state index is 12.1. The molecule has 0 aliphatic heterocycles. The molecule has 0 aromatic rings. The standard InChI is InChI=1S/C45H78O5/c1-3-5-7-9-11-13-15-17-18-19-20-21-22-23-24-25-26-28-29-31-33-35-37-39-44(47)49-42-43(41-46)50-45(48)40-38-36-34-32-30-27-16-14-12-10-8-6-4-2/h6,8,12,14,19-20,27,30,34,36,43,46H,3-5,7,9-11,13,15-18,21-26,28-29,31-33,35,37-42H2,1-2H3/b8-6-,14-12-,20-19-,30-27-,36-34-. The Morgan fingerprint density at radius 3 is 1.38 bits per heavy atom. The van der Waals surface area contributed by atoms with Gasteiger partial charge in [-0.25, -0.2) is 0 Å². The van der Waals surface area contributed by atoms with Crippen LogP contribution in [-0.2, 0) is 19.1 Å². The summed E-state index contributed by atoms with van der Waals surface area (Å²) in [7, 11) is 0. The van der Waals surface area contributed by atoms with E-state index in [0.29, 0.717) is 12.8 Å². The lowest BCUT2D eigenvalue weighted by molar-refractivity contribution is -0.161. The van der Waals surface area contributed by atoms with Crippen molar-refractivity contribution in [1.82, 2.24) is 0 Å². The summed E-state index contributed by atoms with van der Waals surface area (Å²) in [6, 6.07) is 0. The number of carbonyl (C=O) groups is 2. The van der Waals surface area contributed by atoms with Crippen molar-refractivity contribution in [1.29, 1.82) is 0 Å². The van der Waals surface area contributed by atoms with Gasteiger partial charge in [0.2, 0.25) is 0 Å². The molecule has 5 nitrogen and oxygen atoms in total. The molecule has 1 unspecified atom stereocenters. The molecule has 0 bridgehead atoms. The summed E-state index contributed by atoms with van der Waals surface area (Å²) >= 11 is 0. The van der Waals surface area contributed by atoms with Crippen molar-refractivity contribution in [3.05, 3.63) is 60.8 Å². The minimum Gasteiger partial charge on any atom is -0.462 e. The quantitative estimate of drug-likeness (QED) is 0.0397. The average molecular weight is 699 g/mol. The highest BCUT2D eigenvalue weighted by Crippen LogP contribution is 2.14. The second-order valence-electron chi connectivity index (χ2n) is 13.7. The summed E-state index contributed by atoms with van der Waals surface area (Å²) in [5, 5.41) is 9.54. The highest BCUT2D eigenvalue weighted by molar-refractivity contribution is 5.70. The number of ether oxygens (including phenoxy) is 2. The van der Waals surface area contributed by atoms with Gasteiger partial charge in [-0.1, -0.05) is 177 Å². The minimum atomic E-state index is -0.810. The summed E-state index contributed by atoms with van der Waals surface area (Å²) in [4.78, 5) is 24.2. The molecule has 50 heavy (non-hydrogen) atoms. The van der Waals surface area contributed by atoms with Gasteiger partial charge in [-0.05, 0) is 64.2 Å². The molecule has 5 heteroatoms. The molecule has 288 valence electrons. The first-order valence-electron chi connectivity index (χ1n) is 20.8. The van der Waals surface area contributed by atoms with Gasteiger partial charge in [0, 0.05) is 12.8 Å². The van der Waals surface area contributed by atoms with Crippen molar-refractivity contribution >= 4 is 11.9 Å². The molecule has 0 aliphatic carbocycles. The lowest BCUT2D eigenvalue weighted by Crippen LogP contribution is -2.28. The van der Waals surface area contributed by atoms with Crippen molar-refractivity contribution < 1.29 is 24.2 Å². The highest BCUT2D eigenvalue weighted by Gasteiger charge is 2.15. The van der Waals surface area contributed by atoms with Gasteiger partial charge >= 0.3 is 11.9 Å². The Kier molecular flexibility index (Phi) is 39.1. The Bertz CT molecular complexity index is 884. The van der Waals surface area contributed by atoms with Crippen LogP contribution in [0, 0.1) is 0 Å². The molecule has 0 radical (unpaired) electrons. The van der Waals surface area contributed by atoms with Crippen molar-refractivity contribution in [2.45, 2.75) is 200 Å². The van der Waals surface area contributed by atoms with Crippen molar-refractivity contribution in [2.75, 3.05) is 13.2 Å². The summed E-state index contributed by atoms with van der Waals surface area (Å²) in [5.41, 5.74) is 0. The number of carbonyl (C=O) groups excluding carboxylic acids is 2. The summed E-state index contributed by atoms with van der Waals surface area (Å²) in [6.45, 7) is 3.96. The third kappa shape index (κ3) is 38.4. The van der Waals surface area contributed by atoms with E-state index in [1.54, 1.807) is 0 Å². The van der Waals surface area contributed by atoms with Crippen LogP contribution in [0.5, 0.6) is 0 Å². The van der Waals surface area contributed by atoms with E-state index in [1.165, 1.54) is 116 Å². The topological polar surface area (TPSA) is 72.8 Å². The number of allylic oxidation sites excluding steroid dienone is 10. The monoisotopic (exact) mass is 699 g/mol. The molecule has 1 atom stereocenters. The molecule has 0 heterocycles. The predicted octanol–water partition coefficient (Wildman–Crippen LogP) is 13.2. The fraction of sp³-hybridized carbons (Fsp3) is 0.733. The molecular formula is C45H78O5. The van der Waals surface area contributed by atoms with Crippen LogP contribution in [0.25, 0.3) is 0 Å². The smallest absolute Gasteiger partial charge is 0.306 e. The Labute approximate surface area is 309 Å². The Morgan fingerprint density at radius 2 is 0.900 bits per heavy atom. The van der Waals surface area contributed by atoms with E-state index in [1.807, 2.05) is 12.2 Å². The number of aliphatic hydroxyl groups excluding tert-OH is 1. The Hall–Kier alpha value is -2.40. The molecule has 0 saturated carbocycles. The van der Waals surface area contributed by atoms with Gasteiger partial charge in [-0.3, -0.25) is 9.59 Å². The molecule has 0 rings (SSSR count). The maximum Gasteiger partial charge on any atom is 0.306 e. The third-order valence-electron chi connectivity index (χ3n) is 8.81. The van der Waals surface area contributed by atoms with Crippen LogP contribution in [0.2, 0.25) is 0 Å². The molecule has 0 amide bonds. The van der Waals surface area contributed by atoms with Gasteiger partial charge in [0.15, 0.2) is 6.10 Å². The van der Waals surface area contributed by atoms with Crippen molar-refractivity contribution in [3.63, 3.8) is 0 Å². The number of aliphatic hydroxyl groups is 1. The van der Waals surface area contributed by atoms with Crippen LogP contribution < -0.4 is 0 Å². The first kappa shape index (κ1) is 47.6. The van der Waals surface area contributed by atoms with Crippen LogP contribution >= 0.6 is 0 Å². The zero-order chi connectivity index (χ0) is 36.4. The number of hydrogen-bond acceptors (Lipinski definition) is 5. The fourth-order valence-electron chi connectivity index (χ4n) is 5.68. The van der Waals surface area contributed by atoms with Crippen LogP contribution in [0.3, 0.4) is 0 Å². The summed E-state index contributed by atoms with van der Waals surface area (Å²) < 4.78 is 10.5. The van der Waals surface area contributed by atoms with Crippen molar-refractivity contribution in [3.8, 4) is 0 Å². The molecule has 0 spiro atoms. The lowest BCUT2D eigenvalue weighted by Gasteiger charge is -2.15. The Morgan fingerprint density at radius 1 is 0.480 bits per heavy atom. The summed E-state index contributed by atoms with van der Waals surface area (Å²) in [5.74, 6) is -0.687. The SMILES string of the molecule is CC/C=C\C/C=C\C/C=C\C/C=C\CCC(=O)OC(CO)COC(=O)CCCCCCCCCCCCC/C=C\CCCCCCCCCC. The van der Waals surface area contributed by atoms with Gasteiger partial charge in [0.05, 0.1) is 6.61 Å². The predicted molar refractivity (Wildman–Crippen MR) is 214 cm³/mol. The van der Waals surface area contributed by atoms with E-state index < -0.39 is 12.1 Å². The molecule has 0 fully saturated rings. The molecule has 0 aromatic carbocycles. The van der Waals surface area contributed by atoms with Gasteiger partial charge in [-0.15, -0.1) is 0 Å². The normalized spacial score (nSPS) is 12.8. The first-order chi connectivity index (χ1) is 24.6. The Balaban J connectivity index is 3.57. The van der Waals surface area contributed by atoms with Gasteiger partial charge < -0.3 is 14.6 Å². The molecular weight excluding hydrogens is 620 g/mol. The zero-order valence-electron chi connectivity index (χ0n) is 32.6. The van der Waals surface area contributed by atoms with E-state index in [4.69, 9.17) is 9.47 Å². The van der Waals surface area contributed by atoms with Crippen molar-refractivity contribution in [2.24, 2.45) is 0 Å². The molecule has 0 aliphatic rings. The molecule has 1 N–H and O–H groups in total. The number of hydrogen-bond donors (Lipinski definition) is 1. The maximum atomic E-state index is 12.1. The van der Waals surface area contributed by atoms with Gasteiger partial charge in [0.25, 0.3) is 0 Å². The van der Waals surface area contributed by atoms with Crippen LogP contribution in [-0.4, -0.2) is 36.4 Å². The third-order valence-corrected chi connectivity index (χ3v) is 8.81. The van der Waals surface area contributed by atoms with Crippen LogP contribution in [0.1, 0.15) is 194 Å². The van der Waals surface area contributed by atoms with E-state index in [-0.39, 0.29) is 25.6 Å². The first-order valence-corrected chi connectivity index (χ1v) is 20.8. The van der Waals surface area contributed by atoms with Gasteiger partial charge in [0.1, 0.15) is 6.61 Å². The summed E-state index contributed by atoms with van der Waals surface area (Å²) in [6.07, 6.45) is 53.1. The molecule has 0 aromatic heterocycles. The zero-order valence-corrected chi connectivity index (χ0v) is 32.6. The second-order valence-corrected chi connectivity index (χ2v) is 13.7. The van der Waals surface area contributed by atoms with E-state index in [2.05, 4.69) is 62.5 Å². The molecule has 0 saturated heterocycles. The van der Waals surface area contributed by atoms with Crippen LogP contribution in [0.4, 0.5) is 0 Å². The van der Waals surface area contributed by atoms with E-state index in [9.17, 15) is 14.7 Å². The number of rotatable bonds is 37. The van der Waals surface area contributed by atoms with Gasteiger partial charge in [-0.2, -0.15) is 0 Å². The minimum absolute atomic E-state index is 0.0961. The fourth-order valence-corrected chi connectivity index (χ4v) is 5.68. The lowest BCUT2D eigenvalue weighted by atomic mass is 10.0. The van der Waals surface area contributed by atoms with E-state index >= 15 is 0 Å². The number of unbranched alkanes of at least 4 members (excludes halogenated alkanes) is 19. The van der Waals surface area contributed by atoms with E-state index in [0.717, 1.165) is 44.9 Å². The average Bonchev–Trinajstić information content (AvgIpc) is 3.12.